The molecule has 0 saturated heterocycles. The van der Waals surface area contributed by atoms with Crippen LogP contribution in [0.25, 0.3) is 0 Å². The van der Waals surface area contributed by atoms with Gasteiger partial charge < -0.3 is 10.1 Å². The van der Waals surface area contributed by atoms with E-state index in [1.807, 2.05) is 6.92 Å². The average Bonchev–Trinajstić information content (AvgIpc) is 2.61. The second-order valence-corrected chi connectivity index (χ2v) is 6.01. The number of ether oxygens (including phenoxy) is 1. The first-order chi connectivity index (χ1) is 13.2. The van der Waals surface area contributed by atoms with Crippen LogP contribution in [0.3, 0.4) is 0 Å². The fourth-order valence-electron chi connectivity index (χ4n) is 2.35. The van der Waals surface area contributed by atoms with E-state index in [0.717, 1.165) is 17.7 Å². The molecule has 0 aliphatic carbocycles. The van der Waals surface area contributed by atoms with Gasteiger partial charge in [0.05, 0.1) is 11.8 Å². The second-order valence-electron chi connectivity index (χ2n) is 6.01. The number of rotatable bonds is 4. The van der Waals surface area contributed by atoms with Gasteiger partial charge in [0.15, 0.2) is 0 Å². The van der Waals surface area contributed by atoms with E-state index in [2.05, 4.69) is 20.3 Å². The molecule has 0 unspecified atom stereocenters. The molecule has 6 nitrogen and oxygen atoms in total. The predicted octanol–water partition coefficient (Wildman–Crippen LogP) is 4.55. The Bertz CT molecular complexity index is 1000. The molecular formula is C19H15F3N4O2. The number of hydrogen-bond acceptors (Lipinski definition) is 5. The lowest BCUT2D eigenvalue weighted by Crippen LogP contribution is -2.15. The Hall–Kier alpha value is -3.49. The van der Waals surface area contributed by atoms with Crippen LogP contribution in [0.15, 0.2) is 48.9 Å². The lowest BCUT2D eigenvalue weighted by Gasteiger charge is -2.10. The van der Waals surface area contributed by atoms with Gasteiger partial charge in [-0.1, -0.05) is 0 Å². The fraction of sp³-hybridized carbons (Fsp3) is 0.158. The number of hydrogen-bond donors (Lipinski definition) is 1. The molecule has 0 aliphatic heterocycles. The third-order valence-electron chi connectivity index (χ3n) is 3.58. The minimum atomic E-state index is -4.50. The first-order valence-electron chi connectivity index (χ1n) is 8.13. The van der Waals surface area contributed by atoms with Crippen LogP contribution in [0.1, 0.15) is 27.3 Å². The van der Waals surface area contributed by atoms with Crippen molar-refractivity contribution in [3.05, 3.63) is 71.4 Å². The summed E-state index contributed by atoms with van der Waals surface area (Å²) in [4.78, 5) is 24.2. The molecule has 3 aromatic heterocycles. The number of pyridine rings is 3. The molecule has 3 aromatic rings. The number of nitrogens with zero attached hydrogens (tertiary/aromatic N) is 3. The Balaban J connectivity index is 1.77. The van der Waals surface area contributed by atoms with Crippen molar-refractivity contribution in [1.82, 2.24) is 15.0 Å². The van der Waals surface area contributed by atoms with Gasteiger partial charge >= 0.3 is 6.18 Å². The number of anilines is 1. The highest BCUT2D eigenvalue weighted by Crippen LogP contribution is 2.29. The van der Waals surface area contributed by atoms with Gasteiger partial charge in [-0.2, -0.15) is 13.2 Å². The van der Waals surface area contributed by atoms with E-state index in [9.17, 15) is 18.0 Å². The zero-order valence-electron chi connectivity index (χ0n) is 14.9. The number of carbonyl (C=O) groups is 1. The van der Waals surface area contributed by atoms with Gasteiger partial charge in [0.1, 0.15) is 23.0 Å². The third-order valence-corrected chi connectivity index (χ3v) is 3.58. The second kappa shape index (κ2) is 7.63. The molecule has 1 amide bonds. The SMILES string of the molecule is Cc1cncc(Oc2cc(C)nc(C(=O)Nc3ccc(C(F)(F)F)cn3)c2)c1. The van der Waals surface area contributed by atoms with E-state index in [1.54, 1.807) is 25.3 Å². The molecule has 0 saturated carbocycles. The van der Waals surface area contributed by atoms with Gasteiger partial charge in [0.25, 0.3) is 5.91 Å². The summed E-state index contributed by atoms with van der Waals surface area (Å²) in [6.07, 6.45) is -0.627. The Morgan fingerprint density at radius 2 is 1.82 bits per heavy atom. The number of alkyl halides is 3. The van der Waals surface area contributed by atoms with E-state index in [4.69, 9.17) is 4.74 Å². The van der Waals surface area contributed by atoms with Gasteiger partial charge in [-0.15, -0.1) is 0 Å². The summed E-state index contributed by atoms with van der Waals surface area (Å²) in [6.45, 7) is 3.56. The van der Waals surface area contributed by atoms with E-state index in [1.165, 1.54) is 12.3 Å². The fourth-order valence-corrected chi connectivity index (χ4v) is 2.35. The van der Waals surface area contributed by atoms with Gasteiger partial charge in [-0.25, -0.2) is 9.97 Å². The number of aryl methyl sites for hydroxylation is 2. The maximum atomic E-state index is 12.6. The Labute approximate surface area is 158 Å². The zero-order chi connectivity index (χ0) is 20.3. The molecule has 1 N–H and O–H groups in total. The lowest BCUT2D eigenvalue weighted by atomic mass is 10.2. The van der Waals surface area contributed by atoms with Gasteiger partial charge in [0, 0.05) is 30.2 Å². The maximum Gasteiger partial charge on any atom is 0.417 e. The molecule has 3 heterocycles. The minimum Gasteiger partial charge on any atom is -0.456 e. The maximum absolute atomic E-state index is 12.6. The summed E-state index contributed by atoms with van der Waals surface area (Å²) in [5.41, 5.74) is 0.581. The van der Waals surface area contributed by atoms with Crippen molar-refractivity contribution in [2.24, 2.45) is 0 Å². The van der Waals surface area contributed by atoms with Crippen LogP contribution in [0, 0.1) is 13.8 Å². The molecule has 3 rings (SSSR count). The largest absolute Gasteiger partial charge is 0.456 e. The van der Waals surface area contributed by atoms with Crippen LogP contribution >= 0.6 is 0 Å². The van der Waals surface area contributed by atoms with Crippen LogP contribution < -0.4 is 10.1 Å². The monoisotopic (exact) mass is 388 g/mol. The van der Waals surface area contributed by atoms with Crippen molar-refractivity contribution >= 4 is 11.7 Å². The lowest BCUT2D eigenvalue weighted by molar-refractivity contribution is -0.137. The van der Waals surface area contributed by atoms with Gasteiger partial charge in [-0.05, 0) is 37.6 Å². The molecular weight excluding hydrogens is 373 g/mol. The summed E-state index contributed by atoms with van der Waals surface area (Å²) >= 11 is 0. The summed E-state index contributed by atoms with van der Waals surface area (Å²) in [5.74, 6) is 0.238. The van der Waals surface area contributed by atoms with E-state index < -0.39 is 17.6 Å². The average molecular weight is 388 g/mol. The highest BCUT2D eigenvalue weighted by Gasteiger charge is 2.30. The molecule has 0 radical (unpaired) electrons. The number of amides is 1. The molecule has 0 spiro atoms. The number of carbonyl (C=O) groups excluding carboxylic acids is 1. The van der Waals surface area contributed by atoms with Crippen LogP contribution in [-0.2, 0) is 6.18 Å². The van der Waals surface area contributed by atoms with Crippen molar-refractivity contribution in [3.8, 4) is 11.5 Å². The Morgan fingerprint density at radius 3 is 2.46 bits per heavy atom. The molecule has 0 atom stereocenters. The highest BCUT2D eigenvalue weighted by atomic mass is 19.4. The highest BCUT2D eigenvalue weighted by molar-refractivity contribution is 6.02. The van der Waals surface area contributed by atoms with Crippen molar-refractivity contribution in [3.63, 3.8) is 0 Å². The topological polar surface area (TPSA) is 77.0 Å². The van der Waals surface area contributed by atoms with E-state index in [0.29, 0.717) is 23.4 Å². The molecule has 0 aliphatic rings. The van der Waals surface area contributed by atoms with Crippen LogP contribution in [0.2, 0.25) is 0 Å². The summed E-state index contributed by atoms with van der Waals surface area (Å²) in [7, 11) is 0. The van der Waals surface area contributed by atoms with Crippen LogP contribution in [0.4, 0.5) is 19.0 Å². The van der Waals surface area contributed by atoms with Gasteiger partial charge in [0.2, 0.25) is 0 Å². The first kappa shape index (κ1) is 19.3. The van der Waals surface area contributed by atoms with Crippen molar-refractivity contribution < 1.29 is 22.7 Å². The van der Waals surface area contributed by atoms with Gasteiger partial charge in [-0.3, -0.25) is 9.78 Å². The number of aromatic nitrogens is 3. The molecule has 0 aromatic carbocycles. The van der Waals surface area contributed by atoms with E-state index in [-0.39, 0.29) is 11.5 Å². The summed E-state index contributed by atoms with van der Waals surface area (Å²) < 4.78 is 43.5. The molecule has 0 bridgehead atoms. The van der Waals surface area contributed by atoms with Crippen molar-refractivity contribution in [2.75, 3.05) is 5.32 Å². The molecule has 144 valence electrons. The third kappa shape index (κ3) is 4.81. The summed E-state index contributed by atoms with van der Waals surface area (Å²) in [5, 5.41) is 2.42. The smallest absolute Gasteiger partial charge is 0.417 e. The Morgan fingerprint density at radius 1 is 1.04 bits per heavy atom. The predicted molar refractivity (Wildman–Crippen MR) is 95.2 cm³/mol. The minimum absolute atomic E-state index is 0.0216. The molecule has 9 heteroatoms. The van der Waals surface area contributed by atoms with Crippen molar-refractivity contribution in [1.29, 1.82) is 0 Å². The quantitative estimate of drug-likeness (QED) is 0.709. The number of nitrogens with one attached hydrogen (secondary N) is 1. The molecule has 28 heavy (non-hydrogen) atoms. The number of halogens is 3. The zero-order valence-corrected chi connectivity index (χ0v) is 14.9. The van der Waals surface area contributed by atoms with Crippen LogP contribution in [0.5, 0.6) is 11.5 Å². The van der Waals surface area contributed by atoms with Crippen LogP contribution in [-0.4, -0.2) is 20.9 Å². The van der Waals surface area contributed by atoms with E-state index >= 15 is 0 Å². The van der Waals surface area contributed by atoms with Crippen molar-refractivity contribution in [2.45, 2.75) is 20.0 Å². The Kier molecular flexibility index (Phi) is 5.25. The standard InChI is InChI=1S/C19H15F3N4O2/c1-11-5-15(10-23-8-11)28-14-6-12(2)25-16(7-14)18(27)26-17-4-3-13(9-24-17)19(20,21)22/h3-10H,1-2H3,(H,24,26,27). The normalized spacial score (nSPS) is 11.2. The first-order valence-corrected chi connectivity index (χ1v) is 8.13. The molecule has 0 fully saturated rings. The summed E-state index contributed by atoms with van der Waals surface area (Å²) in [6, 6.07) is 6.77.